The Morgan fingerprint density at radius 2 is 2.21 bits per heavy atom. The van der Waals surface area contributed by atoms with Gasteiger partial charge >= 0.3 is 0 Å². The van der Waals surface area contributed by atoms with Crippen molar-refractivity contribution in [3.63, 3.8) is 0 Å². The van der Waals surface area contributed by atoms with Crippen molar-refractivity contribution in [2.75, 3.05) is 6.61 Å². The first-order valence-electron chi connectivity index (χ1n) is 5.44. The first-order chi connectivity index (χ1) is 6.74. The number of benzene rings is 1. The second kappa shape index (κ2) is 3.74. The van der Waals surface area contributed by atoms with Crippen LogP contribution in [0.25, 0.3) is 0 Å². The minimum Gasteiger partial charge on any atom is -0.369 e. The summed E-state index contributed by atoms with van der Waals surface area (Å²) in [5.74, 6) is 0. The SMILES string of the molecule is CCCC1(Cc2cccc(C)c2)CO1. The van der Waals surface area contributed by atoms with Crippen LogP contribution in [0.5, 0.6) is 0 Å². The molecule has 2 rings (SSSR count). The minimum absolute atomic E-state index is 0.197. The zero-order valence-electron chi connectivity index (χ0n) is 9.05. The highest BCUT2D eigenvalue weighted by Gasteiger charge is 2.43. The van der Waals surface area contributed by atoms with Crippen LogP contribution in [0.2, 0.25) is 0 Å². The van der Waals surface area contributed by atoms with E-state index in [0.717, 1.165) is 13.0 Å². The van der Waals surface area contributed by atoms with E-state index in [-0.39, 0.29) is 5.60 Å². The highest BCUT2D eigenvalue weighted by atomic mass is 16.6. The number of epoxide rings is 1. The van der Waals surface area contributed by atoms with Gasteiger partial charge in [-0.1, -0.05) is 43.2 Å². The van der Waals surface area contributed by atoms with Gasteiger partial charge in [0, 0.05) is 6.42 Å². The molecule has 1 aliphatic heterocycles. The van der Waals surface area contributed by atoms with Crippen LogP contribution < -0.4 is 0 Å². The summed E-state index contributed by atoms with van der Waals surface area (Å²) >= 11 is 0. The van der Waals surface area contributed by atoms with Crippen molar-refractivity contribution < 1.29 is 4.74 Å². The predicted molar refractivity (Wildman–Crippen MR) is 58.5 cm³/mol. The van der Waals surface area contributed by atoms with Gasteiger partial charge in [0.1, 0.15) is 0 Å². The first kappa shape index (κ1) is 9.72. The molecular weight excluding hydrogens is 172 g/mol. The third-order valence-electron chi connectivity index (χ3n) is 2.87. The summed E-state index contributed by atoms with van der Waals surface area (Å²) in [7, 11) is 0. The highest BCUT2D eigenvalue weighted by molar-refractivity contribution is 5.24. The molecule has 0 spiro atoms. The van der Waals surface area contributed by atoms with E-state index in [2.05, 4.69) is 38.1 Å². The number of ether oxygens (including phenoxy) is 1. The molecule has 0 N–H and O–H groups in total. The molecule has 76 valence electrons. The van der Waals surface area contributed by atoms with Crippen LogP contribution in [0.15, 0.2) is 24.3 Å². The summed E-state index contributed by atoms with van der Waals surface area (Å²) in [5, 5.41) is 0. The maximum Gasteiger partial charge on any atom is 0.0956 e. The molecule has 1 heterocycles. The van der Waals surface area contributed by atoms with Gasteiger partial charge in [-0.05, 0) is 18.9 Å². The summed E-state index contributed by atoms with van der Waals surface area (Å²) < 4.78 is 5.58. The second-order valence-electron chi connectivity index (χ2n) is 4.39. The molecule has 0 radical (unpaired) electrons. The van der Waals surface area contributed by atoms with Crippen LogP contribution in [-0.2, 0) is 11.2 Å². The third kappa shape index (κ3) is 2.16. The van der Waals surface area contributed by atoms with E-state index in [9.17, 15) is 0 Å². The summed E-state index contributed by atoms with van der Waals surface area (Å²) in [6.45, 7) is 5.32. The Labute approximate surface area is 86.1 Å². The van der Waals surface area contributed by atoms with Gasteiger partial charge in [-0.2, -0.15) is 0 Å². The fourth-order valence-corrected chi connectivity index (χ4v) is 2.09. The van der Waals surface area contributed by atoms with Gasteiger partial charge in [-0.15, -0.1) is 0 Å². The topological polar surface area (TPSA) is 12.5 Å². The Bertz CT molecular complexity index is 313. The van der Waals surface area contributed by atoms with Crippen LogP contribution in [0.3, 0.4) is 0 Å². The first-order valence-corrected chi connectivity index (χ1v) is 5.44. The van der Waals surface area contributed by atoms with Gasteiger partial charge in [-0.3, -0.25) is 0 Å². The highest BCUT2D eigenvalue weighted by Crippen LogP contribution is 2.35. The average molecular weight is 190 g/mol. The monoisotopic (exact) mass is 190 g/mol. The van der Waals surface area contributed by atoms with Crippen molar-refractivity contribution in [1.82, 2.24) is 0 Å². The number of hydrogen-bond acceptors (Lipinski definition) is 1. The molecule has 1 heteroatoms. The maximum absolute atomic E-state index is 5.58. The molecule has 1 unspecified atom stereocenters. The van der Waals surface area contributed by atoms with Crippen molar-refractivity contribution in [2.24, 2.45) is 0 Å². The number of hydrogen-bond donors (Lipinski definition) is 0. The average Bonchev–Trinajstić information content (AvgIpc) is 2.85. The lowest BCUT2D eigenvalue weighted by Gasteiger charge is -2.10. The van der Waals surface area contributed by atoms with Crippen molar-refractivity contribution in [2.45, 2.75) is 38.7 Å². The molecular formula is C13H18O. The molecule has 1 saturated heterocycles. The zero-order chi connectivity index (χ0) is 10.0. The Balaban J connectivity index is 2.03. The van der Waals surface area contributed by atoms with E-state index in [0.29, 0.717) is 0 Å². The van der Waals surface area contributed by atoms with Gasteiger partial charge in [0.05, 0.1) is 12.2 Å². The Morgan fingerprint density at radius 1 is 1.43 bits per heavy atom. The predicted octanol–water partition coefficient (Wildman–Crippen LogP) is 3.11. The molecule has 14 heavy (non-hydrogen) atoms. The lowest BCUT2D eigenvalue weighted by molar-refractivity contribution is 0.285. The number of aryl methyl sites for hydroxylation is 1. The van der Waals surface area contributed by atoms with E-state index in [4.69, 9.17) is 4.74 Å². The van der Waals surface area contributed by atoms with Crippen molar-refractivity contribution >= 4 is 0 Å². The molecule has 1 aromatic carbocycles. The standard InChI is InChI=1S/C13H18O/c1-3-7-13(10-14-13)9-12-6-4-5-11(2)8-12/h4-6,8H,3,7,9-10H2,1-2H3. The van der Waals surface area contributed by atoms with Gasteiger partial charge in [0.25, 0.3) is 0 Å². The normalized spacial score (nSPS) is 25.0. The Kier molecular flexibility index (Phi) is 2.60. The molecule has 0 saturated carbocycles. The van der Waals surface area contributed by atoms with Crippen molar-refractivity contribution in [1.29, 1.82) is 0 Å². The summed E-state index contributed by atoms with van der Waals surface area (Å²) in [6, 6.07) is 8.74. The van der Waals surface area contributed by atoms with Crippen LogP contribution >= 0.6 is 0 Å². The van der Waals surface area contributed by atoms with Gasteiger partial charge in [0.15, 0.2) is 0 Å². The Morgan fingerprint density at radius 3 is 2.79 bits per heavy atom. The van der Waals surface area contributed by atoms with Crippen LogP contribution in [0, 0.1) is 6.92 Å². The van der Waals surface area contributed by atoms with Crippen LogP contribution in [0.4, 0.5) is 0 Å². The zero-order valence-corrected chi connectivity index (χ0v) is 9.05. The summed E-state index contributed by atoms with van der Waals surface area (Å²) in [4.78, 5) is 0. The lowest BCUT2D eigenvalue weighted by Crippen LogP contribution is -2.14. The number of rotatable bonds is 4. The van der Waals surface area contributed by atoms with E-state index in [1.807, 2.05) is 0 Å². The Hall–Kier alpha value is -0.820. The maximum atomic E-state index is 5.58. The largest absolute Gasteiger partial charge is 0.369 e. The van der Waals surface area contributed by atoms with Gasteiger partial charge in [-0.25, -0.2) is 0 Å². The second-order valence-corrected chi connectivity index (χ2v) is 4.39. The van der Waals surface area contributed by atoms with E-state index >= 15 is 0 Å². The fraction of sp³-hybridized carbons (Fsp3) is 0.538. The molecule has 0 aliphatic carbocycles. The molecule has 1 aromatic rings. The lowest BCUT2D eigenvalue weighted by atomic mass is 9.95. The van der Waals surface area contributed by atoms with Crippen LogP contribution in [-0.4, -0.2) is 12.2 Å². The molecule has 0 aromatic heterocycles. The van der Waals surface area contributed by atoms with Crippen LogP contribution in [0.1, 0.15) is 30.9 Å². The minimum atomic E-state index is 0.197. The van der Waals surface area contributed by atoms with Gasteiger partial charge in [0.2, 0.25) is 0 Å². The molecule has 1 fully saturated rings. The van der Waals surface area contributed by atoms with E-state index in [1.54, 1.807) is 0 Å². The van der Waals surface area contributed by atoms with E-state index in [1.165, 1.54) is 24.0 Å². The van der Waals surface area contributed by atoms with Gasteiger partial charge < -0.3 is 4.74 Å². The molecule has 1 nitrogen and oxygen atoms in total. The third-order valence-corrected chi connectivity index (χ3v) is 2.87. The quantitative estimate of drug-likeness (QED) is 0.665. The molecule has 1 atom stereocenters. The smallest absolute Gasteiger partial charge is 0.0956 e. The fourth-order valence-electron chi connectivity index (χ4n) is 2.09. The van der Waals surface area contributed by atoms with Crippen molar-refractivity contribution in [3.05, 3.63) is 35.4 Å². The van der Waals surface area contributed by atoms with Crippen molar-refractivity contribution in [3.8, 4) is 0 Å². The molecule has 0 amide bonds. The molecule has 0 bridgehead atoms. The summed E-state index contributed by atoms with van der Waals surface area (Å²) in [5.41, 5.74) is 2.95. The molecule has 1 aliphatic rings. The van der Waals surface area contributed by atoms with E-state index < -0.39 is 0 Å². The summed E-state index contributed by atoms with van der Waals surface area (Å²) in [6.07, 6.45) is 3.50.